The maximum atomic E-state index is 12.9. The molecule has 0 aliphatic carbocycles. The van der Waals surface area contributed by atoms with Gasteiger partial charge in [0.05, 0.1) is 0 Å². The van der Waals surface area contributed by atoms with E-state index in [0.29, 0.717) is 23.9 Å². The lowest BCUT2D eigenvalue weighted by atomic mass is 10.0. The molecule has 2 heterocycles. The highest BCUT2D eigenvalue weighted by molar-refractivity contribution is 5.94. The number of aryl methyl sites for hydroxylation is 1. The number of piperidine rings is 1. The van der Waals surface area contributed by atoms with Gasteiger partial charge in [0.2, 0.25) is 5.89 Å². The molecule has 1 saturated heterocycles. The second-order valence-corrected chi connectivity index (χ2v) is 7.56. The van der Waals surface area contributed by atoms with Crippen molar-refractivity contribution >= 4 is 11.9 Å². The molecule has 1 fully saturated rings. The molecule has 1 unspecified atom stereocenters. The van der Waals surface area contributed by atoms with E-state index in [4.69, 9.17) is 4.42 Å². The molecule has 1 aliphatic rings. The summed E-state index contributed by atoms with van der Waals surface area (Å²) in [4.78, 5) is 15.0. The number of hydrogen-bond acceptors (Lipinski definition) is 5. The molecular weight excluding hydrogens is 364 g/mol. The largest absolute Gasteiger partial charge is 0.406 e. The Kier molecular flexibility index (Phi) is 5.89. The lowest BCUT2D eigenvalue weighted by molar-refractivity contribution is 0.0930. The number of carbonyl (C=O) groups is 1. The number of nitrogens with zero attached hydrogens (tertiary/aromatic N) is 3. The molecule has 0 saturated carbocycles. The molecule has 1 aliphatic heterocycles. The SMILES string of the molecule is Cc1cccc(C(=O)NC(Cc2ccccc2)c2nnc(N3CCCCC3)o2)c1. The van der Waals surface area contributed by atoms with Gasteiger partial charge in [-0.05, 0) is 43.9 Å². The first-order valence-corrected chi connectivity index (χ1v) is 10.2. The van der Waals surface area contributed by atoms with E-state index in [-0.39, 0.29) is 5.91 Å². The Morgan fingerprint density at radius 3 is 2.62 bits per heavy atom. The van der Waals surface area contributed by atoms with Gasteiger partial charge in [-0.25, -0.2) is 0 Å². The van der Waals surface area contributed by atoms with E-state index in [1.54, 1.807) is 0 Å². The molecule has 0 bridgehead atoms. The molecule has 6 nitrogen and oxygen atoms in total. The first kappa shape index (κ1) is 19.2. The lowest BCUT2D eigenvalue weighted by Gasteiger charge is -2.24. The van der Waals surface area contributed by atoms with Crippen LogP contribution in [0.2, 0.25) is 0 Å². The summed E-state index contributed by atoms with van der Waals surface area (Å²) in [5.41, 5.74) is 2.76. The molecule has 1 atom stereocenters. The summed E-state index contributed by atoms with van der Waals surface area (Å²) < 4.78 is 6.01. The molecule has 29 heavy (non-hydrogen) atoms. The first-order valence-electron chi connectivity index (χ1n) is 10.2. The van der Waals surface area contributed by atoms with E-state index in [2.05, 4.69) is 20.4 Å². The van der Waals surface area contributed by atoms with Crippen molar-refractivity contribution in [1.29, 1.82) is 0 Å². The molecule has 0 radical (unpaired) electrons. The Labute approximate surface area is 170 Å². The minimum atomic E-state index is -0.392. The zero-order valence-electron chi connectivity index (χ0n) is 16.7. The summed E-state index contributed by atoms with van der Waals surface area (Å²) in [6.07, 6.45) is 4.09. The smallest absolute Gasteiger partial charge is 0.318 e. The highest BCUT2D eigenvalue weighted by atomic mass is 16.4. The third kappa shape index (κ3) is 4.83. The van der Waals surface area contributed by atoms with Crippen LogP contribution in [0.5, 0.6) is 0 Å². The second kappa shape index (κ2) is 8.90. The predicted octanol–water partition coefficient (Wildman–Crippen LogP) is 4.08. The highest BCUT2D eigenvalue weighted by Crippen LogP contribution is 2.24. The average Bonchev–Trinajstić information content (AvgIpc) is 3.25. The Balaban J connectivity index is 1.56. The molecule has 1 amide bonds. The summed E-state index contributed by atoms with van der Waals surface area (Å²) in [6, 6.07) is 17.7. The van der Waals surface area contributed by atoms with Crippen LogP contribution in [-0.4, -0.2) is 29.2 Å². The number of amides is 1. The van der Waals surface area contributed by atoms with Gasteiger partial charge in [-0.15, -0.1) is 5.10 Å². The van der Waals surface area contributed by atoms with Gasteiger partial charge in [-0.2, -0.15) is 0 Å². The van der Waals surface area contributed by atoms with Gasteiger partial charge in [0.15, 0.2) is 0 Å². The number of hydrogen-bond donors (Lipinski definition) is 1. The summed E-state index contributed by atoms with van der Waals surface area (Å²) in [5, 5.41) is 11.6. The van der Waals surface area contributed by atoms with Crippen LogP contribution in [-0.2, 0) is 6.42 Å². The molecule has 4 rings (SSSR count). The van der Waals surface area contributed by atoms with Gasteiger partial charge in [0.25, 0.3) is 5.91 Å². The van der Waals surface area contributed by atoms with E-state index in [1.807, 2.05) is 61.5 Å². The number of rotatable bonds is 6. The highest BCUT2D eigenvalue weighted by Gasteiger charge is 2.24. The van der Waals surface area contributed by atoms with E-state index >= 15 is 0 Å². The van der Waals surface area contributed by atoms with Crippen molar-refractivity contribution < 1.29 is 9.21 Å². The van der Waals surface area contributed by atoms with Gasteiger partial charge < -0.3 is 14.6 Å². The Hall–Kier alpha value is -3.15. The normalized spacial score (nSPS) is 15.1. The van der Waals surface area contributed by atoms with Gasteiger partial charge in [-0.3, -0.25) is 4.79 Å². The molecule has 2 aromatic carbocycles. The first-order chi connectivity index (χ1) is 14.2. The monoisotopic (exact) mass is 390 g/mol. The molecule has 1 N–H and O–H groups in total. The van der Waals surface area contributed by atoms with Crippen LogP contribution in [0, 0.1) is 6.92 Å². The van der Waals surface area contributed by atoms with Crippen LogP contribution in [0.15, 0.2) is 59.0 Å². The van der Waals surface area contributed by atoms with Crippen molar-refractivity contribution in [3.8, 4) is 0 Å². The van der Waals surface area contributed by atoms with Gasteiger partial charge in [-0.1, -0.05) is 53.1 Å². The van der Waals surface area contributed by atoms with E-state index in [9.17, 15) is 4.79 Å². The van der Waals surface area contributed by atoms with Gasteiger partial charge in [0, 0.05) is 25.1 Å². The minimum absolute atomic E-state index is 0.146. The van der Waals surface area contributed by atoms with Crippen molar-refractivity contribution in [2.24, 2.45) is 0 Å². The summed E-state index contributed by atoms with van der Waals surface area (Å²) in [6.45, 7) is 3.84. The Morgan fingerprint density at radius 1 is 1.07 bits per heavy atom. The van der Waals surface area contributed by atoms with E-state index in [0.717, 1.165) is 37.1 Å². The van der Waals surface area contributed by atoms with E-state index in [1.165, 1.54) is 6.42 Å². The maximum Gasteiger partial charge on any atom is 0.318 e. The van der Waals surface area contributed by atoms with Crippen LogP contribution in [0.4, 0.5) is 6.01 Å². The third-order valence-corrected chi connectivity index (χ3v) is 5.22. The molecule has 150 valence electrons. The second-order valence-electron chi connectivity index (χ2n) is 7.56. The van der Waals surface area contributed by atoms with Crippen LogP contribution in [0.1, 0.15) is 52.7 Å². The standard InChI is InChI=1S/C23H26N4O2/c1-17-9-8-12-19(15-17)21(28)24-20(16-18-10-4-2-5-11-18)22-25-26-23(29-22)27-13-6-3-7-14-27/h2,4-5,8-12,15,20H,3,6-7,13-14,16H2,1H3,(H,24,28). The average molecular weight is 390 g/mol. The minimum Gasteiger partial charge on any atom is -0.406 e. The number of nitrogens with one attached hydrogen (secondary N) is 1. The number of carbonyl (C=O) groups excluding carboxylic acids is 1. The van der Waals surface area contributed by atoms with Crippen LogP contribution < -0.4 is 10.2 Å². The van der Waals surface area contributed by atoms with Gasteiger partial charge >= 0.3 is 6.01 Å². The zero-order chi connectivity index (χ0) is 20.1. The van der Waals surface area contributed by atoms with Crippen LogP contribution >= 0.6 is 0 Å². The predicted molar refractivity (Wildman–Crippen MR) is 112 cm³/mol. The summed E-state index contributed by atoms with van der Waals surface area (Å²) in [5.74, 6) is 0.294. The molecular formula is C23H26N4O2. The van der Waals surface area contributed by atoms with Crippen LogP contribution in [0.3, 0.4) is 0 Å². The molecule has 1 aromatic heterocycles. The van der Waals surface area contributed by atoms with Crippen molar-refractivity contribution in [2.45, 2.75) is 38.6 Å². The molecule has 3 aromatic rings. The number of anilines is 1. The quantitative estimate of drug-likeness (QED) is 0.687. The topological polar surface area (TPSA) is 71.3 Å². The fraction of sp³-hybridized carbons (Fsp3) is 0.348. The summed E-state index contributed by atoms with van der Waals surface area (Å²) in [7, 11) is 0. The molecule has 6 heteroatoms. The Morgan fingerprint density at radius 2 is 1.86 bits per heavy atom. The fourth-order valence-electron chi connectivity index (χ4n) is 3.66. The third-order valence-electron chi connectivity index (χ3n) is 5.22. The number of benzene rings is 2. The van der Waals surface area contributed by atoms with Crippen molar-refractivity contribution in [1.82, 2.24) is 15.5 Å². The molecule has 0 spiro atoms. The summed E-state index contributed by atoms with van der Waals surface area (Å²) >= 11 is 0. The van der Waals surface area contributed by atoms with E-state index < -0.39 is 6.04 Å². The van der Waals surface area contributed by atoms with Crippen molar-refractivity contribution in [2.75, 3.05) is 18.0 Å². The maximum absolute atomic E-state index is 12.9. The number of aromatic nitrogens is 2. The van der Waals surface area contributed by atoms with Gasteiger partial charge in [0.1, 0.15) is 6.04 Å². The zero-order valence-corrected chi connectivity index (χ0v) is 16.7. The Bertz CT molecular complexity index is 948. The van der Waals surface area contributed by atoms with Crippen molar-refractivity contribution in [3.63, 3.8) is 0 Å². The van der Waals surface area contributed by atoms with Crippen molar-refractivity contribution in [3.05, 3.63) is 77.2 Å². The lowest BCUT2D eigenvalue weighted by Crippen LogP contribution is -2.30. The van der Waals surface area contributed by atoms with Crippen LogP contribution in [0.25, 0.3) is 0 Å². The fourth-order valence-corrected chi connectivity index (χ4v) is 3.66.